The average Bonchev–Trinajstić information content (AvgIpc) is 2.44. The lowest BCUT2D eigenvalue weighted by molar-refractivity contribution is 0.0819. The van der Waals surface area contributed by atoms with E-state index in [0.717, 1.165) is 31.5 Å². The summed E-state index contributed by atoms with van der Waals surface area (Å²) in [5, 5.41) is 2.86. The van der Waals surface area contributed by atoms with Crippen molar-refractivity contribution >= 4 is 40.7 Å². The molecule has 6 heteroatoms. The summed E-state index contributed by atoms with van der Waals surface area (Å²) >= 11 is 18.2. The van der Waals surface area contributed by atoms with Crippen molar-refractivity contribution in [2.45, 2.75) is 36.1 Å². The first-order chi connectivity index (χ1) is 9.88. The van der Waals surface area contributed by atoms with Gasteiger partial charge in [-0.2, -0.15) is 0 Å². The van der Waals surface area contributed by atoms with Crippen LogP contribution in [0, 0.1) is 6.92 Å². The van der Waals surface area contributed by atoms with Gasteiger partial charge in [0.1, 0.15) is 6.17 Å². The fourth-order valence-electron chi connectivity index (χ4n) is 2.55. The van der Waals surface area contributed by atoms with Gasteiger partial charge in [-0.25, -0.2) is 0 Å². The maximum atomic E-state index is 12.4. The summed E-state index contributed by atoms with van der Waals surface area (Å²) in [5.41, 5.74) is 1.59. The van der Waals surface area contributed by atoms with E-state index in [1.807, 2.05) is 30.0 Å². The zero-order valence-corrected chi connectivity index (χ0v) is 14.2. The van der Waals surface area contributed by atoms with E-state index in [-0.39, 0.29) is 5.91 Å². The topological polar surface area (TPSA) is 32.3 Å². The van der Waals surface area contributed by atoms with E-state index in [0.29, 0.717) is 5.56 Å². The summed E-state index contributed by atoms with van der Waals surface area (Å²) in [6, 6.07) is 7.36. The van der Waals surface area contributed by atoms with Crippen LogP contribution in [-0.4, -0.2) is 33.9 Å². The molecule has 3 nitrogen and oxygen atoms in total. The molecule has 116 valence electrons. The number of halogens is 3. The Morgan fingerprint density at radius 3 is 2.48 bits per heavy atom. The molecule has 0 bridgehead atoms. The average molecular weight is 350 g/mol. The van der Waals surface area contributed by atoms with Crippen molar-refractivity contribution in [1.29, 1.82) is 0 Å². The smallest absolute Gasteiger partial charge is 0.252 e. The molecular formula is C15H19Cl3N2O. The fraction of sp³-hybridized carbons (Fsp3) is 0.533. The van der Waals surface area contributed by atoms with Crippen molar-refractivity contribution < 1.29 is 4.79 Å². The number of benzene rings is 1. The van der Waals surface area contributed by atoms with Crippen molar-refractivity contribution in [1.82, 2.24) is 10.2 Å². The van der Waals surface area contributed by atoms with Gasteiger partial charge in [0.05, 0.1) is 0 Å². The molecule has 21 heavy (non-hydrogen) atoms. The largest absolute Gasteiger partial charge is 0.332 e. The van der Waals surface area contributed by atoms with Crippen LogP contribution in [0.25, 0.3) is 0 Å². The zero-order chi connectivity index (χ0) is 15.5. The summed E-state index contributed by atoms with van der Waals surface area (Å²) in [5.74, 6) is -0.222. The minimum atomic E-state index is -1.56. The Bertz CT molecular complexity index is 496. The van der Waals surface area contributed by atoms with Crippen molar-refractivity contribution in [3.63, 3.8) is 0 Å². The monoisotopic (exact) mass is 348 g/mol. The van der Waals surface area contributed by atoms with E-state index in [9.17, 15) is 4.79 Å². The SMILES string of the molecule is Cc1cccc(C(=O)N[C@H](N2CCCCC2)C(Cl)(Cl)Cl)c1. The number of likely N-dealkylation sites (tertiary alicyclic amines) is 1. The number of amides is 1. The number of nitrogens with zero attached hydrogens (tertiary/aromatic N) is 1. The molecular weight excluding hydrogens is 331 g/mol. The second-order valence-corrected chi connectivity index (χ2v) is 7.75. The Kier molecular flexibility index (Phi) is 5.78. The zero-order valence-electron chi connectivity index (χ0n) is 11.9. The summed E-state index contributed by atoms with van der Waals surface area (Å²) < 4.78 is -1.56. The van der Waals surface area contributed by atoms with Gasteiger partial charge in [0, 0.05) is 18.7 Å². The number of nitrogens with one attached hydrogen (secondary N) is 1. The minimum absolute atomic E-state index is 0.222. The second-order valence-electron chi connectivity index (χ2n) is 5.38. The van der Waals surface area contributed by atoms with Gasteiger partial charge in [0.25, 0.3) is 5.91 Å². The van der Waals surface area contributed by atoms with Crippen molar-refractivity contribution in [2.24, 2.45) is 0 Å². The van der Waals surface area contributed by atoms with Crippen molar-refractivity contribution in [3.8, 4) is 0 Å². The normalized spacial score (nSPS) is 18.3. The highest BCUT2D eigenvalue weighted by Crippen LogP contribution is 2.33. The lowest BCUT2D eigenvalue weighted by Crippen LogP contribution is -2.56. The molecule has 1 fully saturated rings. The fourth-order valence-corrected chi connectivity index (χ4v) is 3.13. The van der Waals surface area contributed by atoms with Gasteiger partial charge in [0.15, 0.2) is 0 Å². The van der Waals surface area contributed by atoms with Gasteiger partial charge in [-0.3, -0.25) is 9.69 Å². The van der Waals surface area contributed by atoms with Gasteiger partial charge in [0.2, 0.25) is 3.79 Å². The molecule has 0 unspecified atom stereocenters. The van der Waals surface area contributed by atoms with E-state index in [1.54, 1.807) is 6.07 Å². The van der Waals surface area contributed by atoms with Crippen LogP contribution >= 0.6 is 34.8 Å². The van der Waals surface area contributed by atoms with Crippen LogP contribution in [0.3, 0.4) is 0 Å². The Morgan fingerprint density at radius 2 is 1.90 bits per heavy atom. The lowest BCUT2D eigenvalue weighted by atomic mass is 10.1. The number of aryl methyl sites for hydroxylation is 1. The van der Waals surface area contributed by atoms with Crippen LogP contribution in [0.5, 0.6) is 0 Å². The molecule has 1 heterocycles. The van der Waals surface area contributed by atoms with E-state index in [4.69, 9.17) is 34.8 Å². The Balaban J connectivity index is 2.13. The van der Waals surface area contributed by atoms with Crippen LogP contribution in [0.4, 0.5) is 0 Å². The van der Waals surface area contributed by atoms with Crippen LogP contribution in [-0.2, 0) is 0 Å². The highest BCUT2D eigenvalue weighted by Gasteiger charge is 2.38. The molecule has 1 aromatic carbocycles. The first-order valence-corrected chi connectivity index (χ1v) is 8.19. The number of carbonyl (C=O) groups excluding carboxylic acids is 1. The third kappa shape index (κ3) is 4.75. The maximum Gasteiger partial charge on any atom is 0.252 e. The molecule has 0 aliphatic carbocycles. The predicted molar refractivity (Wildman–Crippen MR) is 88.1 cm³/mol. The predicted octanol–water partition coefficient (Wildman–Crippen LogP) is 3.91. The number of carbonyl (C=O) groups is 1. The second kappa shape index (κ2) is 7.19. The van der Waals surface area contributed by atoms with Gasteiger partial charge < -0.3 is 5.32 Å². The third-order valence-electron chi connectivity index (χ3n) is 3.61. The molecule has 1 N–H and O–H groups in total. The molecule has 1 aromatic rings. The minimum Gasteiger partial charge on any atom is -0.332 e. The van der Waals surface area contributed by atoms with Crippen molar-refractivity contribution in [3.05, 3.63) is 35.4 Å². The molecule has 0 radical (unpaired) electrons. The molecule has 0 spiro atoms. The number of piperidine rings is 1. The van der Waals surface area contributed by atoms with Crippen LogP contribution < -0.4 is 5.32 Å². The summed E-state index contributed by atoms with van der Waals surface area (Å²) in [7, 11) is 0. The molecule has 2 rings (SSSR count). The summed E-state index contributed by atoms with van der Waals surface area (Å²) in [6.45, 7) is 3.59. The first-order valence-electron chi connectivity index (χ1n) is 7.06. The number of rotatable bonds is 3. The van der Waals surface area contributed by atoms with Gasteiger partial charge >= 0.3 is 0 Å². The van der Waals surface area contributed by atoms with Crippen LogP contribution in [0.1, 0.15) is 35.2 Å². The van der Waals surface area contributed by atoms with Gasteiger partial charge in [-0.15, -0.1) is 0 Å². The molecule has 0 aromatic heterocycles. The quantitative estimate of drug-likeness (QED) is 0.839. The molecule has 0 saturated carbocycles. The molecule has 1 aliphatic heterocycles. The summed E-state index contributed by atoms with van der Waals surface area (Å²) in [4.78, 5) is 14.4. The Labute approximate surface area is 140 Å². The Hall–Kier alpha value is -0.480. The number of alkyl halides is 3. The standard InChI is InChI=1S/C15H19Cl3N2O/c1-11-6-5-7-12(10-11)13(21)19-14(15(16,17)18)20-8-3-2-4-9-20/h5-7,10,14H,2-4,8-9H2,1H3,(H,19,21)/t14-/m1/s1. The number of hydrogen-bond acceptors (Lipinski definition) is 2. The molecule has 1 saturated heterocycles. The van der Waals surface area contributed by atoms with Gasteiger partial charge in [-0.1, -0.05) is 58.9 Å². The Morgan fingerprint density at radius 1 is 1.24 bits per heavy atom. The first kappa shape index (κ1) is 16.9. The third-order valence-corrected chi connectivity index (χ3v) is 4.23. The van der Waals surface area contributed by atoms with Gasteiger partial charge in [-0.05, 0) is 31.9 Å². The lowest BCUT2D eigenvalue weighted by Gasteiger charge is -2.38. The highest BCUT2D eigenvalue weighted by molar-refractivity contribution is 6.68. The van der Waals surface area contributed by atoms with Crippen LogP contribution in [0.2, 0.25) is 0 Å². The highest BCUT2D eigenvalue weighted by atomic mass is 35.6. The van der Waals surface area contributed by atoms with E-state index < -0.39 is 9.96 Å². The molecule has 1 atom stereocenters. The molecule has 1 aliphatic rings. The van der Waals surface area contributed by atoms with E-state index >= 15 is 0 Å². The van der Waals surface area contributed by atoms with E-state index in [2.05, 4.69) is 5.32 Å². The number of hydrogen-bond donors (Lipinski definition) is 1. The summed E-state index contributed by atoms with van der Waals surface area (Å²) in [6.07, 6.45) is 2.67. The van der Waals surface area contributed by atoms with E-state index in [1.165, 1.54) is 6.42 Å². The maximum absolute atomic E-state index is 12.4. The van der Waals surface area contributed by atoms with Crippen LogP contribution in [0.15, 0.2) is 24.3 Å². The van der Waals surface area contributed by atoms with Crippen molar-refractivity contribution in [2.75, 3.05) is 13.1 Å². The molecule has 1 amide bonds.